The highest BCUT2D eigenvalue weighted by molar-refractivity contribution is 8.00. The molecule has 1 aromatic carbocycles. The molecule has 4 nitrogen and oxygen atoms in total. The van der Waals surface area contributed by atoms with E-state index < -0.39 is 5.97 Å². The number of carboxylic acid groups (broad SMARTS) is 1. The van der Waals surface area contributed by atoms with E-state index in [0.717, 1.165) is 23.4 Å². The fourth-order valence-electron chi connectivity index (χ4n) is 2.90. The van der Waals surface area contributed by atoms with Crippen molar-refractivity contribution in [1.82, 2.24) is 9.55 Å². The summed E-state index contributed by atoms with van der Waals surface area (Å²) in [5, 5.41) is 9.82. The summed E-state index contributed by atoms with van der Waals surface area (Å²) in [5.41, 5.74) is 2.18. The number of hydrogen-bond donors (Lipinski definition) is 1. The van der Waals surface area contributed by atoms with Gasteiger partial charge in [-0.3, -0.25) is 0 Å². The molecular weight excluding hydrogens is 284 g/mol. The molecule has 0 aliphatic carbocycles. The molecule has 0 saturated carbocycles. The van der Waals surface area contributed by atoms with Gasteiger partial charge in [-0.2, -0.15) is 11.8 Å². The Bertz CT molecular complexity index is 672. The first-order valence-corrected chi connectivity index (χ1v) is 8.46. The standard InChI is InChI=1S/C16H20N2O2S/c1-10(2)15-17-13-6-5-11(16(19)20)8-14(13)18(15)9-12-4-3-7-21-12/h5-6,8,10,12H,3-4,7,9H2,1-2H3,(H,19,20). The summed E-state index contributed by atoms with van der Waals surface area (Å²) in [6.07, 6.45) is 2.51. The van der Waals surface area contributed by atoms with Crippen molar-refractivity contribution in [3.05, 3.63) is 29.6 Å². The fraction of sp³-hybridized carbons (Fsp3) is 0.500. The zero-order valence-corrected chi connectivity index (χ0v) is 13.2. The van der Waals surface area contributed by atoms with E-state index in [2.05, 4.69) is 18.4 Å². The van der Waals surface area contributed by atoms with Crippen molar-refractivity contribution in [2.45, 2.75) is 44.4 Å². The zero-order valence-electron chi connectivity index (χ0n) is 12.4. The smallest absolute Gasteiger partial charge is 0.335 e. The lowest BCUT2D eigenvalue weighted by molar-refractivity contribution is 0.0697. The van der Waals surface area contributed by atoms with Crippen molar-refractivity contribution < 1.29 is 9.90 Å². The summed E-state index contributed by atoms with van der Waals surface area (Å²) < 4.78 is 2.23. The summed E-state index contributed by atoms with van der Waals surface area (Å²) >= 11 is 2.02. The third-order valence-corrected chi connectivity index (χ3v) is 5.33. The topological polar surface area (TPSA) is 55.1 Å². The molecular formula is C16H20N2O2S. The van der Waals surface area contributed by atoms with Crippen LogP contribution in [0.15, 0.2) is 18.2 Å². The van der Waals surface area contributed by atoms with Crippen LogP contribution >= 0.6 is 11.8 Å². The van der Waals surface area contributed by atoms with Crippen LogP contribution in [0.25, 0.3) is 11.0 Å². The molecule has 1 fully saturated rings. The average Bonchev–Trinajstić information content (AvgIpc) is 3.06. The minimum absolute atomic E-state index is 0.331. The number of benzene rings is 1. The van der Waals surface area contributed by atoms with E-state index in [0.29, 0.717) is 16.7 Å². The Morgan fingerprint density at radius 3 is 2.95 bits per heavy atom. The quantitative estimate of drug-likeness (QED) is 0.934. The molecule has 1 aliphatic rings. The highest BCUT2D eigenvalue weighted by Crippen LogP contribution is 2.31. The molecule has 1 unspecified atom stereocenters. The Morgan fingerprint density at radius 2 is 2.33 bits per heavy atom. The van der Waals surface area contributed by atoms with E-state index in [1.165, 1.54) is 18.6 Å². The van der Waals surface area contributed by atoms with Gasteiger partial charge in [-0.05, 0) is 36.8 Å². The summed E-state index contributed by atoms with van der Waals surface area (Å²) in [5.74, 6) is 1.73. The van der Waals surface area contributed by atoms with Crippen molar-refractivity contribution in [3.63, 3.8) is 0 Å². The highest BCUT2D eigenvalue weighted by Gasteiger charge is 2.21. The van der Waals surface area contributed by atoms with E-state index >= 15 is 0 Å². The normalized spacial score (nSPS) is 18.7. The van der Waals surface area contributed by atoms with Gasteiger partial charge < -0.3 is 9.67 Å². The molecule has 1 aliphatic heterocycles. The van der Waals surface area contributed by atoms with Crippen molar-refractivity contribution in [2.75, 3.05) is 5.75 Å². The highest BCUT2D eigenvalue weighted by atomic mass is 32.2. The van der Waals surface area contributed by atoms with Crippen LogP contribution in [-0.2, 0) is 6.54 Å². The molecule has 5 heteroatoms. The number of rotatable bonds is 4. The lowest BCUT2D eigenvalue weighted by Gasteiger charge is -2.15. The SMILES string of the molecule is CC(C)c1nc2ccc(C(=O)O)cc2n1CC1CCCS1. The first-order valence-electron chi connectivity index (χ1n) is 7.41. The molecule has 0 radical (unpaired) electrons. The number of hydrogen-bond acceptors (Lipinski definition) is 3. The molecule has 0 bridgehead atoms. The van der Waals surface area contributed by atoms with Gasteiger partial charge >= 0.3 is 5.97 Å². The van der Waals surface area contributed by atoms with Gasteiger partial charge in [0.25, 0.3) is 0 Å². The second-order valence-corrected chi connectivity index (χ2v) is 7.29. The number of imidazole rings is 1. The van der Waals surface area contributed by atoms with Gasteiger partial charge in [0.15, 0.2) is 0 Å². The fourth-order valence-corrected chi connectivity index (χ4v) is 4.15. The zero-order chi connectivity index (χ0) is 15.0. The van der Waals surface area contributed by atoms with E-state index in [9.17, 15) is 9.90 Å². The average molecular weight is 304 g/mol. The predicted octanol–water partition coefficient (Wildman–Crippen LogP) is 3.75. The van der Waals surface area contributed by atoms with E-state index in [4.69, 9.17) is 4.98 Å². The molecule has 1 atom stereocenters. The first kappa shape index (κ1) is 14.4. The third-order valence-electron chi connectivity index (χ3n) is 3.95. The van der Waals surface area contributed by atoms with Crippen LogP contribution in [0.3, 0.4) is 0 Å². The molecule has 0 spiro atoms. The second-order valence-electron chi connectivity index (χ2n) is 5.88. The van der Waals surface area contributed by atoms with Gasteiger partial charge in [0.2, 0.25) is 0 Å². The van der Waals surface area contributed by atoms with Gasteiger partial charge in [-0.15, -0.1) is 0 Å². The summed E-state index contributed by atoms with van der Waals surface area (Å²) in [6, 6.07) is 5.22. The molecule has 0 amide bonds. The van der Waals surface area contributed by atoms with Crippen LogP contribution in [0.5, 0.6) is 0 Å². The molecule has 3 rings (SSSR count). The van der Waals surface area contributed by atoms with E-state index in [1.807, 2.05) is 17.8 Å². The van der Waals surface area contributed by atoms with Gasteiger partial charge in [0.05, 0.1) is 16.6 Å². The maximum Gasteiger partial charge on any atom is 0.335 e. The van der Waals surface area contributed by atoms with E-state index in [-0.39, 0.29) is 0 Å². The van der Waals surface area contributed by atoms with Crippen molar-refractivity contribution >= 4 is 28.8 Å². The number of fused-ring (bicyclic) bond motifs is 1. The lowest BCUT2D eigenvalue weighted by Crippen LogP contribution is -2.13. The number of aromatic carboxylic acids is 1. The van der Waals surface area contributed by atoms with Crippen molar-refractivity contribution in [2.24, 2.45) is 0 Å². The molecule has 2 aromatic rings. The van der Waals surface area contributed by atoms with Gasteiger partial charge in [-0.25, -0.2) is 9.78 Å². The van der Waals surface area contributed by atoms with Crippen LogP contribution in [0, 0.1) is 0 Å². The van der Waals surface area contributed by atoms with Gasteiger partial charge in [0.1, 0.15) is 5.82 Å². The lowest BCUT2D eigenvalue weighted by atomic mass is 10.2. The Kier molecular flexibility index (Phi) is 3.93. The van der Waals surface area contributed by atoms with E-state index in [1.54, 1.807) is 12.1 Å². The number of carbonyl (C=O) groups is 1. The van der Waals surface area contributed by atoms with Crippen molar-refractivity contribution in [1.29, 1.82) is 0 Å². The van der Waals surface area contributed by atoms with Gasteiger partial charge in [-0.1, -0.05) is 13.8 Å². The van der Waals surface area contributed by atoms with Crippen LogP contribution in [0.1, 0.15) is 48.8 Å². The van der Waals surface area contributed by atoms with Crippen LogP contribution in [-0.4, -0.2) is 31.6 Å². The molecule has 1 N–H and O–H groups in total. The van der Waals surface area contributed by atoms with Gasteiger partial charge in [0, 0.05) is 17.7 Å². The molecule has 112 valence electrons. The molecule has 1 aromatic heterocycles. The number of aromatic nitrogens is 2. The van der Waals surface area contributed by atoms with Crippen molar-refractivity contribution in [3.8, 4) is 0 Å². The molecule has 21 heavy (non-hydrogen) atoms. The minimum atomic E-state index is -0.883. The van der Waals surface area contributed by atoms with Crippen LogP contribution in [0.4, 0.5) is 0 Å². The Balaban J connectivity index is 2.09. The Labute approximate surface area is 128 Å². The first-order chi connectivity index (χ1) is 10.1. The number of nitrogens with zero attached hydrogens (tertiary/aromatic N) is 2. The Hall–Kier alpha value is -1.49. The number of carboxylic acids is 1. The summed E-state index contributed by atoms with van der Waals surface area (Å²) in [4.78, 5) is 15.9. The Morgan fingerprint density at radius 1 is 1.52 bits per heavy atom. The summed E-state index contributed by atoms with van der Waals surface area (Å²) in [6.45, 7) is 5.20. The summed E-state index contributed by atoms with van der Waals surface area (Å²) in [7, 11) is 0. The van der Waals surface area contributed by atoms with Crippen LogP contribution < -0.4 is 0 Å². The maximum absolute atomic E-state index is 11.2. The molecule has 1 saturated heterocycles. The third kappa shape index (κ3) is 2.79. The predicted molar refractivity (Wildman–Crippen MR) is 86.3 cm³/mol. The molecule has 2 heterocycles. The maximum atomic E-state index is 11.2. The van der Waals surface area contributed by atoms with Crippen LogP contribution in [0.2, 0.25) is 0 Å². The minimum Gasteiger partial charge on any atom is -0.478 e. The second kappa shape index (κ2) is 5.72. The largest absolute Gasteiger partial charge is 0.478 e. The monoisotopic (exact) mass is 304 g/mol. The number of thioether (sulfide) groups is 1.